The number of aliphatic hydroxyl groups excluding tert-OH is 2. The van der Waals surface area contributed by atoms with Crippen LogP contribution in [0, 0.1) is 0 Å². The SMILES string of the molecule is C=CCNC(=O)C(C)NC(C)(CO)CO. The van der Waals surface area contributed by atoms with E-state index in [2.05, 4.69) is 17.2 Å². The van der Waals surface area contributed by atoms with Crippen molar-refractivity contribution in [1.29, 1.82) is 0 Å². The van der Waals surface area contributed by atoms with Gasteiger partial charge in [-0.05, 0) is 13.8 Å². The van der Waals surface area contributed by atoms with E-state index in [1.54, 1.807) is 19.9 Å². The average molecular weight is 216 g/mol. The fraction of sp³-hybridized carbons (Fsp3) is 0.700. The minimum atomic E-state index is -0.842. The predicted molar refractivity (Wildman–Crippen MR) is 58.4 cm³/mol. The van der Waals surface area contributed by atoms with Gasteiger partial charge in [-0.15, -0.1) is 6.58 Å². The molecular weight excluding hydrogens is 196 g/mol. The molecule has 0 aromatic carbocycles. The number of carbonyl (C=O) groups is 1. The molecule has 0 aliphatic carbocycles. The van der Waals surface area contributed by atoms with Crippen molar-refractivity contribution in [3.63, 3.8) is 0 Å². The molecule has 0 saturated heterocycles. The first-order valence-corrected chi connectivity index (χ1v) is 4.87. The topological polar surface area (TPSA) is 81.6 Å². The van der Waals surface area contributed by atoms with Crippen LogP contribution >= 0.6 is 0 Å². The Balaban J connectivity index is 4.15. The fourth-order valence-electron chi connectivity index (χ4n) is 1.06. The monoisotopic (exact) mass is 216 g/mol. The van der Waals surface area contributed by atoms with E-state index < -0.39 is 11.6 Å². The smallest absolute Gasteiger partial charge is 0.237 e. The Morgan fingerprint density at radius 2 is 2.07 bits per heavy atom. The second-order valence-corrected chi connectivity index (χ2v) is 3.78. The summed E-state index contributed by atoms with van der Waals surface area (Å²) in [4.78, 5) is 11.4. The highest BCUT2D eigenvalue weighted by Gasteiger charge is 2.26. The molecule has 0 radical (unpaired) electrons. The maximum atomic E-state index is 11.4. The highest BCUT2D eigenvalue weighted by molar-refractivity contribution is 5.81. The number of hydrogen-bond acceptors (Lipinski definition) is 4. The first kappa shape index (κ1) is 14.1. The molecule has 0 fully saturated rings. The summed E-state index contributed by atoms with van der Waals surface area (Å²) < 4.78 is 0. The summed E-state index contributed by atoms with van der Waals surface area (Å²) in [5.41, 5.74) is -0.842. The van der Waals surface area contributed by atoms with Gasteiger partial charge in [-0.2, -0.15) is 0 Å². The van der Waals surface area contributed by atoms with Gasteiger partial charge in [0.05, 0.1) is 24.8 Å². The van der Waals surface area contributed by atoms with E-state index in [1.165, 1.54) is 0 Å². The van der Waals surface area contributed by atoms with Crippen molar-refractivity contribution < 1.29 is 15.0 Å². The highest BCUT2D eigenvalue weighted by atomic mass is 16.3. The molecule has 15 heavy (non-hydrogen) atoms. The van der Waals surface area contributed by atoms with Crippen molar-refractivity contribution in [2.75, 3.05) is 19.8 Å². The maximum absolute atomic E-state index is 11.4. The van der Waals surface area contributed by atoms with Crippen molar-refractivity contribution in [2.45, 2.75) is 25.4 Å². The molecule has 1 unspecified atom stereocenters. The van der Waals surface area contributed by atoms with Gasteiger partial charge in [0, 0.05) is 6.54 Å². The van der Waals surface area contributed by atoms with Gasteiger partial charge >= 0.3 is 0 Å². The third-order valence-corrected chi connectivity index (χ3v) is 2.08. The summed E-state index contributed by atoms with van der Waals surface area (Å²) in [5.74, 6) is -0.192. The molecule has 1 amide bonds. The third-order valence-electron chi connectivity index (χ3n) is 2.08. The van der Waals surface area contributed by atoms with Crippen LogP contribution in [0.2, 0.25) is 0 Å². The van der Waals surface area contributed by atoms with E-state index in [4.69, 9.17) is 10.2 Å². The number of aliphatic hydroxyl groups is 2. The van der Waals surface area contributed by atoms with Crippen LogP contribution in [0.4, 0.5) is 0 Å². The van der Waals surface area contributed by atoms with E-state index in [-0.39, 0.29) is 19.1 Å². The molecule has 0 spiro atoms. The van der Waals surface area contributed by atoms with Crippen molar-refractivity contribution in [3.05, 3.63) is 12.7 Å². The molecule has 0 rings (SSSR count). The minimum absolute atomic E-state index is 0.192. The number of hydrogen-bond donors (Lipinski definition) is 4. The molecule has 5 heteroatoms. The van der Waals surface area contributed by atoms with Crippen LogP contribution in [-0.4, -0.2) is 47.5 Å². The first-order chi connectivity index (χ1) is 6.99. The molecule has 1 atom stereocenters. The summed E-state index contributed by atoms with van der Waals surface area (Å²) in [6, 6.07) is -0.478. The number of nitrogens with one attached hydrogen (secondary N) is 2. The molecule has 0 aliphatic heterocycles. The van der Waals surface area contributed by atoms with E-state index in [0.29, 0.717) is 6.54 Å². The Morgan fingerprint density at radius 1 is 1.53 bits per heavy atom. The second kappa shape index (κ2) is 6.55. The maximum Gasteiger partial charge on any atom is 0.237 e. The van der Waals surface area contributed by atoms with Crippen LogP contribution in [0.5, 0.6) is 0 Å². The minimum Gasteiger partial charge on any atom is -0.394 e. The lowest BCUT2D eigenvalue weighted by atomic mass is 10.0. The Labute approximate surface area is 90.2 Å². The van der Waals surface area contributed by atoms with Crippen molar-refractivity contribution >= 4 is 5.91 Å². The Bertz CT molecular complexity index is 215. The predicted octanol–water partition coefficient (Wildman–Crippen LogP) is -0.990. The summed E-state index contributed by atoms with van der Waals surface area (Å²) >= 11 is 0. The van der Waals surface area contributed by atoms with Crippen molar-refractivity contribution in [1.82, 2.24) is 10.6 Å². The standard InChI is InChI=1S/C10H20N2O3/c1-4-5-11-9(15)8(2)12-10(3,6-13)7-14/h4,8,12-14H,1,5-7H2,2-3H3,(H,11,15). The van der Waals surface area contributed by atoms with Crippen LogP contribution in [0.15, 0.2) is 12.7 Å². The van der Waals surface area contributed by atoms with Gasteiger partial charge in [-0.3, -0.25) is 10.1 Å². The molecule has 0 bridgehead atoms. The summed E-state index contributed by atoms with van der Waals surface area (Å²) in [6.07, 6.45) is 1.59. The molecule has 0 saturated carbocycles. The van der Waals surface area contributed by atoms with E-state index in [0.717, 1.165) is 0 Å². The molecular formula is C10H20N2O3. The first-order valence-electron chi connectivity index (χ1n) is 4.87. The van der Waals surface area contributed by atoms with Gasteiger partial charge in [0.15, 0.2) is 0 Å². The average Bonchev–Trinajstić information content (AvgIpc) is 2.25. The van der Waals surface area contributed by atoms with Crippen LogP contribution in [0.3, 0.4) is 0 Å². The lowest BCUT2D eigenvalue weighted by Gasteiger charge is -2.29. The van der Waals surface area contributed by atoms with Crippen molar-refractivity contribution in [2.24, 2.45) is 0 Å². The summed E-state index contributed by atoms with van der Waals surface area (Å²) in [7, 11) is 0. The van der Waals surface area contributed by atoms with E-state index in [9.17, 15) is 4.79 Å². The number of amides is 1. The van der Waals surface area contributed by atoms with Crippen LogP contribution in [0.25, 0.3) is 0 Å². The lowest BCUT2D eigenvalue weighted by molar-refractivity contribution is -0.123. The number of rotatable bonds is 7. The van der Waals surface area contributed by atoms with Gasteiger partial charge in [0.2, 0.25) is 5.91 Å². The van der Waals surface area contributed by atoms with E-state index in [1.807, 2.05) is 0 Å². The van der Waals surface area contributed by atoms with Gasteiger partial charge in [0.1, 0.15) is 0 Å². The lowest BCUT2D eigenvalue weighted by Crippen LogP contribution is -2.56. The fourth-order valence-corrected chi connectivity index (χ4v) is 1.06. The molecule has 0 aliphatic rings. The zero-order valence-electron chi connectivity index (χ0n) is 9.29. The Kier molecular flexibility index (Phi) is 6.15. The van der Waals surface area contributed by atoms with Gasteiger partial charge < -0.3 is 15.5 Å². The quantitative estimate of drug-likeness (QED) is 0.412. The molecule has 88 valence electrons. The van der Waals surface area contributed by atoms with Gasteiger partial charge in [-0.1, -0.05) is 6.08 Å². The Hall–Kier alpha value is -0.910. The number of carbonyl (C=O) groups excluding carboxylic acids is 1. The van der Waals surface area contributed by atoms with Crippen LogP contribution < -0.4 is 10.6 Å². The molecule has 0 heterocycles. The molecule has 5 nitrogen and oxygen atoms in total. The van der Waals surface area contributed by atoms with Crippen LogP contribution in [0.1, 0.15) is 13.8 Å². The molecule has 0 aromatic heterocycles. The molecule has 0 aromatic rings. The summed E-state index contributed by atoms with van der Waals surface area (Å²) in [6.45, 7) is 6.73. The normalized spacial score (nSPS) is 13.3. The van der Waals surface area contributed by atoms with Crippen LogP contribution in [-0.2, 0) is 4.79 Å². The largest absolute Gasteiger partial charge is 0.394 e. The zero-order chi connectivity index (χ0) is 11.9. The highest BCUT2D eigenvalue weighted by Crippen LogP contribution is 2.02. The van der Waals surface area contributed by atoms with Gasteiger partial charge in [0.25, 0.3) is 0 Å². The van der Waals surface area contributed by atoms with E-state index >= 15 is 0 Å². The Morgan fingerprint density at radius 3 is 2.47 bits per heavy atom. The second-order valence-electron chi connectivity index (χ2n) is 3.78. The van der Waals surface area contributed by atoms with Crippen molar-refractivity contribution in [3.8, 4) is 0 Å². The summed E-state index contributed by atoms with van der Waals surface area (Å²) in [5, 5.41) is 23.5. The molecule has 4 N–H and O–H groups in total. The zero-order valence-corrected chi connectivity index (χ0v) is 9.29. The third kappa shape index (κ3) is 4.92. The van der Waals surface area contributed by atoms with Gasteiger partial charge in [-0.25, -0.2) is 0 Å².